The van der Waals surface area contributed by atoms with E-state index in [1.54, 1.807) is 23.5 Å². The fourth-order valence-electron chi connectivity index (χ4n) is 1.19. The lowest BCUT2D eigenvalue weighted by Crippen LogP contribution is -1.71. The maximum absolute atomic E-state index is 9.20. The molecule has 12 heavy (non-hydrogen) atoms. The molecule has 0 saturated carbocycles. The molecule has 0 fully saturated rings. The van der Waals surface area contributed by atoms with Crippen molar-refractivity contribution < 1.29 is 5.11 Å². The highest BCUT2D eigenvalue weighted by atomic mass is 32.1. The summed E-state index contributed by atoms with van der Waals surface area (Å²) < 4.78 is 1.12. The third-order valence-electron chi connectivity index (χ3n) is 1.81. The lowest BCUT2D eigenvalue weighted by molar-refractivity contribution is 0.476. The van der Waals surface area contributed by atoms with Gasteiger partial charge >= 0.3 is 0 Å². The highest BCUT2D eigenvalue weighted by Gasteiger charge is 2.01. The summed E-state index contributed by atoms with van der Waals surface area (Å²) in [6, 6.07) is 5.43. The van der Waals surface area contributed by atoms with Crippen LogP contribution < -0.4 is 0 Å². The van der Waals surface area contributed by atoms with E-state index in [0.717, 1.165) is 10.5 Å². The monoisotopic (exact) mass is 196 g/mol. The lowest BCUT2D eigenvalue weighted by Gasteiger charge is -1.93. The van der Waals surface area contributed by atoms with E-state index in [-0.39, 0.29) is 0 Å². The van der Waals surface area contributed by atoms with Crippen LogP contribution in [-0.2, 0) is 5.75 Å². The number of rotatable bonds is 1. The van der Waals surface area contributed by atoms with Gasteiger partial charge in [0.2, 0.25) is 0 Å². The van der Waals surface area contributed by atoms with Gasteiger partial charge in [-0.2, -0.15) is 12.6 Å². The van der Waals surface area contributed by atoms with Crippen molar-refractivity contribution in [3.05, 3.63) is 29.1 Å². The number of aromatic hydroxyl groups is 1. The first-order valence-corrected chi connectivity index (χ1v) is 5.12. The first-order chi connectivity index (χ1) is 5.81. The SMILES string of the molecule is Oc1ccc2c(CS)csc2c1. The Morgan fingerprint density at radius 2 is 2.25 bits per heavy atom. The van der Waals surface area contributed by atoms with Crippen molar-refractivity contribution in [3.8, 4) is 5.75 Å². The minimum atomic E-state index is 0.329. The Balaban J connectivity index is 2.73. The summed E-state index contributed by atoms with van der Waals surface area (Å²) in [7, 11) is 0. The number of benzene rings is 1. The highest BCUT2D eigenvalue weighted by molar-refractivity contribution is 7.79. The Kier molecular flexibility index (Phi) is 1.98. The van der Waals surface area contributed by atoms with E-state index >= 15 is 0 Å². The number of thiol groups is 1. The Hall–Kier alpha value is -0.670. The number of hydrogen-bond donors (Lipinski definition) is 2. The van der Waals surface area contributed by atoms with E-state index < -0.39 is 0 Å². The summed E-state index contributed by atoms with van der Waals surface area (Å²) in [5.74, 6) is 1.08. The predicted octanol–water partition coefficient (Wildman–Crippen LogP) is 3.04. The van der Waals surface area contributed by atoms with Crippen molar-refractivity contribution in [3.63, 3.8) is 0 Å². The molecule has 1 aromatic heterocycles. The maximum atomic E-state index is 9.20. The zero-order chi connectivity index (χ0) is 8.55. The molecule has 0 aliphatic carbocycles. The van der Waals surface area contributed by atoms with Crippen LogP contribution >= 0.6 is 24.0 Å². The fraction of sp³-hybridized carbons (Fsp3) is 0.111. The van der Waals surface area contributed by atoms with Crippen LogP contribution in [0.1, 0.15) is 5.56 Å². The molecule has 0 aliphatic heterocycles. The molecule has 62 valence electrons. The summed E-state index contributed by atoms with van der Waals surface area (Å²) in [6.07, 6.45) is 0. The van der Waals surface area contributed by atoms with Gasteiger partial charge in [0, 0.05) is 10.5 Å². The van der Waals surface area contributed by atoms with E-state index in [0.29, 0.717) is 5.75 Å². The Labute approximate surface area is 80.1 Å². The van der Waals surface area contributed by atoms with Gasteiger partial charge in [-0.05, 0) is 34.5 Å². The average Bonchev–Trinajstić information content (AvgIpc) is 2.46. The molecule has 0 spiro atoms. The van der Waals surface area contributed by atoms with Crippen molar-refractivity contribution in [2.45, 2.75) is 5.75 Å². The van der Waals surface area contributed by atoms with Crippen molar-refractivity contribution >= 4 is 34.1 Å². The van der Waals surface area contributed by atoms with Crippen LogP contribution in [0, 0.1) is 0 Å². The molecule has 0 amide bonds. The molecule has 0 unspecified atom stereocenters. The largest absolute Gasteiger partial charge is 0.508 e. The summed E-state index contributed by atoms with van der Waals surface area (Å²) in [6.45, 7) is 0. The number of phenolic OH excluding ortho intramolecular Hbond substituents is 1. The van der Waals surface area contributed by atoms with Gasteiger partial charge in [0.05, 0.1) is 0 Å². The molecule has 1 aromatic carbocycles. The molecule has 0 bridgehead atoms. The van der Waals surface area contributed by atoms with Gasteiger partial charge in [0.25, 0.3) is 0 Å². The zero-order valence-corrected chi connectivity index (χ0v) is 8.03. The average molecular weight is 196 g/mol. The Morgan fingerprint density at radius 1 is 1.42 bits per heavy atom. The first-order valence-electron chi connectivity index (χ1n) is 3.61. The molecule has 0 atom stereocenters. The molecule has 0 aliphatic rings. The molecule has 1 nitrogen and oxygen atoms in total. The Bertz CT molecular complexity index is 406. The molecular formula is C9H8OS2. The van der Waals surface area contributed by atoms with E-state index in [2.05, 4.69) is 18.0 Å². The van der Waals surface area contributed by atoms with E-state index in [1.807, 2.05) is 6.07 Å². The molecule has 0 saturated heterocycles. The van der Waals surface area contributed by atoms with E-state index in [4.69, 9.17) is 0 Å². The van der Waals surface area contributed by atoms with Crippen LogP contribution in [0.2, 0.25) is 0 Å². The van der Waals surface area contributed by atoms with Gasteiger partial charge in [-0.25, -0.2) is 0 Å². The summed E-state index contributed by atoms with van der Waals surface area (Å²) in [4.78, 5) is 0. The van der Waals surface area contributed by atoms with Crippen LogP contribution in [0.25, 0.3) is 10.1 Å². The summed E-state index contributed by atoms with van der Waals surface area (Å²) in [5, 5.41) is 12.5. The van der Waals surface area contributed by atoms with Crippen molar-refractivity contribution in [2.75, 3.05) is 0 Å². The molecule has 1 N–H and O–H groups in total. The van der Waals surface area contributed by atoms with Gasteiger partial charge in [-0.1, -0.05) is 0 Å². The molecule has 3 heteroatoms. The normalized spacial score (nSPS) is 10.8. The molecule has 2 rings (SSSR count). The summed E-state index contributed by atoms with van der Waals surface area (Å²) in [5.41, 5.74) is 1.23. The minimum absolute atomic E-state index is 0.329. The van der Waals surface area contributed by atoms with Crippen LogP contribution in [0.3, 0.4) is 0 Å². The number of thiophene rings is 1. The number of fused-ring (bicyclic) bond motifs is 1. The zero-order valence-electron chi connectivity index (χ0n) is 6.32. The second kappa shape index (κ2) is 2.99. The standard InChI is InChI=1S/C9H8OS2/c10-7-1-2-8-6(4-11)5-12-9(8)3-7/h1-3,5,10-11H,4H2. The van der Waals surface area contributed by atoms with Gasteiger partial charge < -0.3 is 5.11 Å². The van der Waals surface area contributed by atoms with Gasteiger partial charge in [-0.3, -0.25) is 0 Å². The molecular weight excluding hydrogens is 188 g/mol. The number of phenols is 1. The van der Waals surface area contributed by atoms with Crippen LogP contribution in [0.5, 0.6) is 5.75 Å². The van der Waals surface area contributed by atoms with Crippen molar-refractivity contribution in [1.82, 2.24) is 0 Å². The maximum Gasteiger partial charge on any atom is 0.117 e. The second-order valence-electron chi connectivity index (χ2n) is 2.60. The third kappa shape index (κ3) is 1.19. The van der Waals surface area contributed by atoms with Gasteiger partial charge in [0.1, 0.15) is 5.75 Å². The predicted molar refractivity (Wildman–Crippen MR) is 56.2 cm³/mol. The lowest BCUT2D eigenvalue weighted by atomic mass is 10.2. The van der Waals surface area contributed by atoms with Crippen LogP contribution in [0.4, 0.5) is 0 Å². The van der Waals surface area contributed by atoms with E-state index in [9.17, 15) is 5.11 Å². The third-order valence-corrected chi connectivity index (χ3v) is 3.14. The van der Waals surface area contributed by atoms with Gasteiger partial charge in [0.15, 0.2) is 0 Å². The van der Waals surface area contributed by atoms with Crippen molar-refractivity contribution in [2.24, 2.45) is 0 Å². The quantitative estimate of drug-likeness (QED) is 0.672. The minimum Gasteiger partial charge on any atom is -0.508 e. The number of hydrogen-bond acceptors (Lipinski definition) is 3. The van der Waals surface area contributed by atoms with Crippen LogP contribution in [-0.4, -0.2) is 5.11 Å². The smallest absolute Gasteiger partial charge is 0.117 e. The molecule has 2 aromatic rings. The first kappa shape index (κ1) is 7.95. The van der Waals surface area contributed by atoms with Crippen LogP contribution in [0.15, 0.2) is 23.6 Å². The summed E-state index contributed by atoms with van der Waals surface area (Å²) >= 11 is 5.87. The second-order valence-corrected chi connectivity index (χ2v) is 3.83. The van der Waals surface area contributed by atoms with Gasteiger partial charge in [-0.15, -0.1) is 11.3 Å². The highest BCUT2D eigenvalue weighted by Crippen LogP contribution is 2.29. The molecule has 1 heterocycles. The van der Waals surface area contributed by atoms with Crippen molar-refractivity contribution in [1.29, 1.82) is 0 Å². The van der Waals surface area contributed by atoms with E-state index in [1.165, 1.54) is 10.9 Å². The topological polar surface area (TPSA) is 20.2 Å². The Morgan fingerprint density at radius 3 is 3.00 bits per heavy atom. The molecule has 0 radical (unpaired) electrons. The fourth-order valence-corrected chi connectivity index (χ4v) is 2.57.